The van der Waals surface area contributed by atoms with Crippen molar-refractivity contribution in [3.05, 3.63) is 0 Å². The Kier molecular flexibility index (Phi) is 3.32. The first-order valence-corrected chi connectivity index (χ1v) is 6.18. The highest BCUT2D eigenvalue weighted by atomic mass is 32.2. The molecule has 0 unspecified atom stereocenters. The molecular formula is C8H17NO3S. The Labute approximate surface area is 79.6 Å². The Hall–Kier alpha value is -0.130. The van der Waals surface area contributed by atoms with Gasteiger partial charge in [0.05, 0.1) is 11.9 Å². The van der Waals surface area contributed by atoms with E-state index < -0.39 is 10.0 Å². The van der Waals surface area contributed by atoms with Gasteiger partial charge >= 0.3 is 0 Å². The fourth-order valence-electron chi connectivity index (χ4n) is 1.55. The number of sulfonamides is 1. The number of rotatable bonds is 4. The molecule has 1 aliphatic rings. The van der Waals surface area contributed by atoms with Crippen LogP contribution in [0.15, 0.2) is 0 Å². The molecule has 0 radical (unpaired) electrons. The predicted molar refractivity (Wildman–Crippen MR) is 50.8 cm³/mol. The molecule has 1 N–H and O–H groups in total. The van der Waals surface area contributed by atoms with Crippen LogP contribution in [0, 0.1) is 5.92 Å². The van der Waals surface area contributed by atoms with Gasteiger partial charge in [-0.15, -0.1) is 0 Å². The summed E-state index contributed by atoms with van der Waals surface area (Å²) in [5, 5.41) is 9.02. The molecule has 1 saturated carbocycles. The van der Waals surface area contributed by atoms with E-state index in [2.05, 4.69) is 0 Å². The summed E-state index contributed by atoms with van der Waals surface area (Å²) in [5.41, 5.74) is 0. The lowest BCUT2D eigenvalue weighted by atomic mass is 9.82. The van der Waals surface area contributed by atoms with Crippen molar-refractivity contribution in [2.45, 2.75) is 25.9 Å². The Morgan fingerprint density at radius 1 is 1.46 bits per heavy atom. The standard InChI is InChI=1S/C8H17NO3S/c1-3-13(11,12)9(2)6-7-4-8(10)5-7/h7-8,10H,3-6H2,1-2H3. The maximum atomic E-state index is 11.3. The topological polar surface area (TPSA) is 57.6 Å². The van der Waals surface area contributed by atoms with Gasteiger partial charge in [-0.05, 0) is 25.7 Å². The highest BCUT2D eigenvalue weighted by molar-refractivity contribution is 7.89. The minimum Gasteiger partial charge on any atom is -0.393 e. The highest BCUT2D eigenvalue weighted by Crippen LogP contribution is 2.28. The maximum Gasteiger partial charge on any atom is 0.213 e. The quantitative estimate of drug-likeness (QED) is 0.708. The summed E-state index contributed by atoms with van der Waals surface area (Å²) in [5.74, 6) is 0.500. The zero-order chi connectivity index (χ0) is 10.1. The minimum atomic E-state index is -3.04. The van der Waals surface area contributed by atoms with Gasteiger partial charge in [-0.25, -0.2) is 12.7 Å². The average molecular weight is 207 g/mol. The fourth-order valence-corrected chi connectivity index (χ4v) is 2.43. The van der Waals surface area contributed by atoms with Gasteiger partial charge < -0.3 is 5.11 Å². The van der Waals surface area contributed by atoms with Crippen molar-refractivity contribution in [2.24, 2.45) is 5.92 Å². The minimum absolute atomic E-state index is 0.152. The molecule has 0 saturated heterocycles. The van der Waals surface area contributed by atoms with E-state index in [4.69, 9.17) is 5.11 Å². The summed E-state index contributed by atoms with van der Waals surface area (Å²) in [4.78, 5) is 0. The molecule has 0 aromatic carbocycles. The third-order valence-corrected chi connectivity index (χ3v) is 4.39. The first-order valence-electron chi connectivity index (χ1n) is 4.57. The molecule has 0 aromatic rings. The summed E-state index contributed by atoms with van der Waals surface area (Å²) >= 11 is 0. The third-order valence-electron chi connectivity index (χ3n) is 2.57. The zero-order valence-electron chi connectivity index (χ0n) is 8.10. The van der Waals surface area contributed by atoms with Crippen LogP contribution in [-0.4, -0.2) is 43.3 Å². The van der Waals surface area contributed by atoms with Gasteiger partial charge in [0.2, 0.25) is 10.0 Å². The van der Waals surface area contributed by atoms with Crippen LogP contribution in [0.2, 0.25) is 0 Å². The maximum absolute atomic E-state index is 11.3. The van der Waals surface area contributed by atoms with E-state index >= 15 is 0 Å². The van der Waals surface area contributed by atoms with Crippen LogP contribution in [0.4, 0.5) is 0 Å². The van der Waals surface area contributed by atoms with Crippen LogP contribution in [0.3, 0.4) is 0 Å². The van der Waals surface area contributed by atoms with Gasteiger partial charge in [0.1, 0.15) is 0 Å². The number of hydrogen-bond donors (Lipinski definition) is 1. The molecule has 1 fully saturated rings. The molecule has 13 heavy (non-hydrogen) atoms. The number of nitrogens with zero attached hydrogens (tertiary/aromatic N) is 1. The second-order valence-corrected chi connectivity index (χ2v) is 6.04. The van der Waals surface area contributed by atoms with Crippen molar-refractivity contribution in [1.29, 1.82) is 0 Å². The summed E-state index contributed by atoms with van der Waals surface area (Å²) < 4.78 is 24.0. The molecule has 78 valence electrons. The molecule has 0 bridgehead atoms. The van der Waals surface area contributed by atoms with Gasteiger partial charge in [0.15, 0.2) is 0 Å². The highest BCUT2D eigenvalue weighted by Gasteiger charge is 2.30. The third kappa shape index (κ3) is 2.65. The monoisotopic (exact) mass is 207 g/mol. The van der Waals surface area contributed by atoms with Crippen LogP contribution < -0.4 is 0 Å². The van der Waals surface area contributed by atoms with E-state index in [1.165, 1.54) is 4.31 Å². The largest absolute Gasteiger partial charge is 0.393 e. The molecular weight excluding hydrogens is 190 g/mol. The lowest BCUT2D eigenvalue weighted by molar-refractivity contribution is 0.0367. The Morgan fingerprint density at radius 3 is 2.38 bits per heavy atom. The van der Waals surface area contributed by atoms with E-state index in [9.17, 15) is 8.42 Å². The Morgan fingerprint density at radius 2 is 2.00 bits per heavy atom. The van der Waals surface area contributed by atoms with Gasteiger partial charge in [-0.2, -0.15) is 0 Å². The Balaban J connectivity index is 2.38. The van der Waals surface area contributed by atoms with Gasteiger partial charge in [0.25, 0.3) is 0 Å². The van der Waals surface area contributed by atoms with Crippen molar-refractivity contribution in [1.82, 2.24) is 4.31 Å². The predicted octanol–water partition coefficient (Wildman–Crippen LogP) is 0.0388. The number of aliphatic hydroxyl groups is 1. The molecule has 0 atom stereocenters. The van der Waals surface area contributed by atoms with Crippen molar-refractivity contribution >= 4 is 10.0 Å². The summed E-state index contributed by atoms with van der Waals surface area (Å²) in [6, 6.07) is 0. The van der Waals surface area contributed by atoms with Gasteiger partial charge in [-0.3, -0.25) is 0 Å². The SMILES string of the molecule is CCS(=O)(=O)N(C)CC1CC(O)C1. The van der Waals surface area contributed by atoms with Crippen molar-refractivity contribution < 1.29 is 13.5 Å². The van der Waals surface area contributed by atoms with Crippen molar-refractivity contribution in [3.8, 4) is 0 Å². The second-order valence-electron chi connectivity index (χ2n) is 3.67. The van der Waals surface area contributed by atoms with E-state index in [0.29, 0.717) is 12.5 Å². The van der Waals surface area contributed by atoms with Crippen LogP contribution >= 0.6 is 0 Å². The first-order chi connectivity index (χ1) is 5.95. The van der Waals surface area contributed by atoms with E-state index in [-0.39, 0.29) is 11.9 Å². The van der Waals surface area contributed by atoms with Gasteiger partial charge in [-0.1, -0.05) is 0 Å². The zero-order valence-corrected chi connectivity index (χ0v) is 8.92. The molecule has 0 spiro atoms. The first kappa shape index (κ1) is 10.9. The van der Waals surface area contributed by atoms with Crippen LogP contribution in [0.1, 0.15) is 19.8 Å². The molecule has 5 heteroatoms. The molecule has 4 nitrogen and oxygen atoms in total. The molecule has 0 aromatic heterocycles. The summed E-state index contributed by atoms with van der Waals surface area (Å²) in [6.45, 7) is 2.19. The normalized spacial score (nSPS) is 28.9. The number of aliphatic hydroxyl groups excluding tert-OH is 1. The summed E-state index contributed by atoms with van der Waals surface area (Å²) in [6.07, 6.45) is 1.27. The van der Waals surface area contributed by atoms with Gasteiger partial charge in [0, 0.05) is 13.6 Å². The van der Waals surface area contributed by atoms with Crippen molar-refractivity contribution in [3.63, 3.8) is 0 Å². The molecule has 0 amide bonds. The van der Waals surface area contributed by atoms with Crippen LogP contribution in [0.25, 0.3) is 0 Å². The average Bonchev–Trinajstić information content (AvgIpc) is 2.01. The smallest absolute Gasteiger partial charge is 0.213 e. The molecule has 0 aliphatic heterocycles. The fraction of sp³-hybridized carbons (Fsp3) is 1.00. The molecule has 1 aliphatic carbocycles. The van der Waals surface area contributed by atoms with E-state index in [1.807, 2.05) is 0 Å². The lowest BCUT2D eigenvalue weighted by Crippen LogP contribution is -2.40. The summed E-state index contributed by atoms with van der Waals surface area (Å²) in [7, 11) is -1.43. The van der Waals surface area contributed by atoms with Crippen LogP contribution in [0.5, 0.6) is 0 Å². The van der Waals surface area contributed by atoms with Crippen LogP contribution in [-0.2, 0) is 10.0 Å². The van der Waals surface area contributed by atoms with E-state index in [1.54, 1.807) is 14.0 Å². The number of hydrogen-bond acceptors (Lipinski definition) is 3. The van der Waals surface area contributed by atoms with Crippen molar-refractivity contribution in [2.75, 3.05) is 19.3 Å². The second kappa shape index (κ2) is 3.94. The molecule has 1 rings (SSSR count). The van der Waals surface area contributed by atoms with E-state index in [0.717, 1.165) is 12.8 Å². The Bertz CT molecular complexity index is 257. The molecule has 0 heterocycles. The lowest BCUT2D eigenvalue weighted by Gasteiger charge is -2.33.